The molecule has 2 aliphatic heterocycles. The highest BCUT2D eigenvalue weighted by atomic mass is 16.5. The minimum Gasteiger partial charge on any atom is -0.488 e. The van der Waals surface area contributed by atoms with Crippen LogP contribution < -0.4 is 10.1 Å². The highest BCUT2D eigenvalue weighted by molar-refractivity contribution is 6.08. The molecule has 1 saturated heterocycles. The van der Waals surface area contributed by atoms with Crippen molar-refractivity contribution in [2.75, 3.05) is 25.1 Å². The third-order valence-corrected chi connectivity index (χ3v) is 8.36. The van der Waals surface area contributed by atoms with E-state index >= 15 is 0 Å². The number of carboxylic acids is 1. The first kappa shape index (κ1) is 31.2. The van der Waals surface area contributed by atoms with Crippen LogP contribution in [0.15, 0.2) is 60.0 Å². The molecule has 0 spiro atoms. The number of pyridine rings is 1. The zero-order valence-corrected chi connectivity index (χ0v) is 26.0. The summed E-state index contributed by atoms with van der Waals surface area (Å²) in [6, 6.07) is 16.5. The molecule has 44 heavy (non-hydrogen) atoms. The number of nitrogens with zero attached hydrogens (tertiary/aromatic N) is 2. The average molecular weight is 599 g/mol. The van der Waals surface area contributed by atoms with E-state index in [0.29, 0.717) is 24.2 Å². The van der Waals surface area contributed by atoms with Gasteiger partial charge in [-0.1, -0.05) is 30.3 Å². The van der Waals surface area contributed by atoms with Gasteiger partial charge in [-0.2, -0.15) is 0 Å². The highest BCUT2D eigenvalue weighted by Crippen LogP contribution is 2.34. The van der Waals surface area contributed by atoms with Crippen LogP contribution in [0.25, 0.3) is 11.3 Å². The summed E-state index contributed by atoms with van der Waals surface area (Å²) < 4.78 is 17.8. The summed E-state index contributed by atoms with van der Waals surface area (Å²) in [5.74, 6) is -0.152. The van der Waals surface area contributed by atoms with E-state index in [2.05, 4.69) is 29.3 Å². The molecule has 1 aromatic heterocycles. The molecule has 3 aromatic rings. The Balaban J connectivity index is 1.36. The Morgan fingerprint density at radius 2 is 1.93 bits per heavy atom. The maximum absolute atomic E-state index is 11.7. The van der Waals surface area contributed by atoms with Crippen molar-refractivity contribution >= 4 is 18.0 Å². The molecular weight excluding hydrogens is 556 g/mol. The van der Waals surface area contributed by atoms with Crippen molar-refractivity contribution in [3.05, 3.63) is 87.8 Å². The van der Waals surface area contributed by atoms with Crippen molar-refractivity contribution in [3.63, 3.8) is 0 Å². The summed E-state index contributed by atoms with van der Waals surface area (Å²) in [5.41, 5.74) is 7.54. The van der Waals surface area contributed by atoms with Gasteiger partial charge in [-0.05, 0) is 93.0 Å². The van der Waals surface area contributed by atoms with Gasteiger partial charge >= 0.3 is 5.97 Å². The van der Waals surface area contributed by atoms with Gasteiger partial charge in [0, 0.05) is 44.1 Å². The zero-order chi connectivity index (χ0) is 31.2. The molecule has 3 N–H and O–H groups in total. The van der Waals surface area contributed by atoms with E-state index in [0.717, 1.165) is 68.7 Å². The Morgan fingerprint density at radius 1 is 1.16 bits per heavy atom. The van der Waals surface area contributed by atoms with Crippen molar-refractivity contribution in [1.82, 2.24) is 9.88 Å². The summed E-state index contributed by atoms with van der Waals surface area (Å²) in [7, 11) is 0. The molecule has 3 heterocycles. The molecular formula is C35H42N4O5. The van der Waals surface area contributed by atoms with E-state index in [9.17, 15) is 9.90 Å². The number of hydrogen-bond donors (Lipinski definition) is 3. The summed E-state index contributed by atoms with van der Waals surface area (Å²) in [6.07, 6.45) is 3.73. The van der Waals surface area contributed by atoms with Crippen molar-refractivity contribution in [3.8, 4) is 17.0 Å². The maximum atomic E-state index is 11.7. The van der Waals surface area contributed by atoms with Crippen LogP contribution in [-0.4, -0.2) is 59.1 Å². The van der Waals surface area contributed by atoms with Gasteiger partial charge in [0.15, 0.2) is 0 Å². The Kier molecular flexibility index (Phi) is 9.97. The number of carboxylic acid groups (broad SMARTS) is 1. The fourth-order valence-electron chi connectivity index (χ4n) is 6.02. The Morgan fingerprint density at radius 3 is 2.66 bits per heavy atom. The number of benzene rings is 2. The van der Waals surface area contributed by atoms with Gasteiger partial charge in [0.05, 0.1) is 11.8 Å². The van der Waals surface area contributed by atoms with Crippen molar-refractivity contribution in [2.24, 2.45) is 0 Å². The van der Waals surface area contributed by atoms with Crippen LogP contribution in [0.4, 0.5) is 5.82 Å². The smallest absolute Gasteiger partial charge is 0.342 e. The molecule has 0 amide bonds. The topological polar surface area (TPSA) is 117 Å². The molecule has 0 aliphatic carbocycles. The van der Waals surface area contributed by atoms with Crippen LogP contribution in [0.5, 0.6) is 5.75 Å². The average Bonchev–Trinajstić information content (AvgIpc) is 3.01. The molecule has 1 fully saturated rings. The van der Waals surface area contributed by atoms with Crippen molar-refractivity contribution in [1.29, 1.82) is 5.41 Å². The number of ether oxygens (including phenoxy) is 3. The van der Waals surface area contributed by atoms with Gasteiger partial charge in [0.25, 0.3) is 0 Å². The maximum Gasteiger partial charge on any atom is 0.342 e. The Labute approximate surface area is 259 Å². The van der Waals surface area contributed by atoms with Crippen LogP contribution in [0.1, 0.15) is 54.5 Å². The largest absolute Gasteiger partial charge is 0.488 e. The van der Waals surface area contributed by atoms with E-state index in [1.54, 1.807) is 19.9 Å². The van der Waals surface area contributed by atoms with E-state index in [1.807, 2.05) is 37.3 Å². The minimum atomic E-state index is -1.26. The van der Waals surface area contributed by atoms with Crippen LogP contribution in [0.2, 0.25) is 0 Å². The first-order valence-corrected chi connectivity index (χ1v) is 15.3. The lowest BCUT2D eigenvalue weighted by atomic mass is 9.90. The third-order valence-electron chi connectivity index (χ3n) is 8.36. The summed E-state index contributed by atoms with van der Waals surface area (Å²) in [4.78, 5) is 19.1. The van der Waals surface area contributed by atoms with Gasteiger partial charge in [0.2, 0.25) is 5.88 Å². The number of rotatable bonds is 11. The lowest BCUT2D eigenvalue weighted by molar-refractivity contribution is -0.132. The number of para-hydroxylation sites is 1. The van der Waals surface area contributed by atoms with Gasteiger partial charge in [-0.25, -0.2) is 9.78 Å². The number of carbonyl (C=O) groups is 1. The second kappa shape index (κ2) is 14.1. The zero-order valence-electron chi connectivity index (χ0n) is 26.0. The number of nitrogens with one attached hydrogen (secondary N) is 2. The quantitative estimate of drug-likeness (QED) is 0.134. The van der Waals surface area contributed by atoms with Gasteiger partial charge in [0.1, 0.15) is 23.7 Å². The molecule has 0 saturated carbocycles. The Hall–Kier alpha value is -4.21. The molecule has 9 nitrogen and oxygen atoms in total. The van der Waals surface area contributed by atoms with E-state index in [1.165, 1.54) is 22.3 Å². The van der Waals surface area contributed by atoms with Crippen LogP contribution in [0.3, 0.4) is 0 Å². The Bertz CT molecular complexity index is 1540. The predicted molar refractivity (Wildman–Crippen MR) is 171 cm³/mol. The summed E-state index contributed by atoms with van der Waals surface area (Å²) in [6.45, 7) is 12.0. The SMILES string of the molecule is Cc1cccc(-c2cccc(N/C(OC(C)C)=C(\C=N)C(=O)O)n2)c1OCc1ccc2c(c1C)CCN(C1CCOCC1)C2. The first-order valence-electron chi connectivity index (χ1n) is 15.3. The highest BCUT2D eigenvalue weighted by Gasteiger charge is 2.26. The number of aryl methyl sites for hydroxylation is 1. The molecule has 2 aromatic carbocycles. The second-order valence-corrected chi connectivity index (χ2v) is 11.7. The summed E-state index contributed by atoms with van der Waals surface area (Å²) >= 11 is 0. The minimum absolute atomic E-state index is 0.0355. The molecule has 0 unspecified atom stereocenters. The predicted octanol–water partition coefficient (Wildman–Crippen LogP) is 6.26. The standard InChI is InChI=1S/C35H42N4O5/c1-22(2)44-34(30(19-36)35(40)41)38-32-10-6-9-31(37-32)29-8-5-7-23(3)33(29)43-21-26-12-11-25-20-39(16-13-28(25)24(26)4)27-14-17-42-18-15-27/h5-12,19,22,27,36H,13-18,20-21H2,1-4H3,(H,37,38)(H,40,41)/b34-30-,36-19?. The van der Waals surface area contributed by atoms with Gasteiger partial charge in [-0.15, -0.1) is 0 Å². The van der Waals surface area contributed by atoms with E-state index < -0.39 is 5.97 Å². The normalized spacial score (nSPS) is 16.2. The molecule has 0 bridgehead atoms. The van der Waals surface area contributed by atoms with Crippen LogP contribution in [-0.2, 0) is 33.8 Å². The second-order valence-electron chi connectivity index (χ2n) is 11.7. The lowest BCUT2D eigenvalue weighted by Crippen LogP contribution is -2.42. The number of hydrogen-bond acceptors (Lipinski definition) is 8. The van der Waals surface area contributed by atoms with Gasteiger partial charge in [-0.3, -0.25) is 4.90 Å². The van der Waals surface area contributed by atoms with Crippen molar-refractivity contribution in [2.45, 2.75) is 72.3 Å². The monoisotopic (exact) mass is 598 g/mol. The number of aromatic nitrogens is 1. The molecule has 232 valence electrons. The van der Waals surface area contributed by atoms with E-state index in [4.69, 9.17) is 24.6 Å². The lowest BCUT2D eigenvalue weighted by Gasteiger charge is -2.38. The number of anilines is 1. The number of aliphatic carboxylic acids is 1. The van der Waals surface area contributed by atoms with Crippen LogP contribution in [0, 0.1) is 19.3 Å². The summed E-state index contributed by atoms with van der Waals surface area (Å²) in [5, 5.41) is 20.1. The fourth-order valence-corrected chi connectivity index (χ4v) is 6.02. The van der Waals surface area contributed by atoms with E-state index in [-0.39, 0.29) is 17.6 Å². The fraction of sp³-hybridized carbons (Fsp3) is 0.400. The first-order chi connectivity index (χ1) is 21.2. The molecule has 2 aliphatic rings. The number of fused-ring (bicyclic) bond motifs is 1. The van der Waals surface area contributed by atoms with Crippen molar-refractivity contribution < 1.29 is 24.1 Å². The third kappa shape index (κ3) is 7.11. The molecule has 0 atom stereocenters. The van der Waals surface area contributed by atoms with Gasteiger partial charge < -0.3 is 30.0 Å². The molecule has 9 heteroatoms. The molecule has 5 rings (SSSR count). The van der Waals surface area contributed by atoms with Crippen LogP contribution >= 0.6 is 0 Å². The molecule has 0 radical (unpaired) electrons.